The Morgan fingerprint density at radius 2 is 2.06 bits per heavy atom. The molecule has 1 saturated carbocycles. The van der Waals surface area contributed by atoms with E-state index >= 15 is 0 Å². The van der Waals surface area contributed by atoms with Gasteiger partial charge in [-0.25, -0.2) is 0 Å². The molecule has 0 bridgehead atoms. The highest BCUT2D eigenvalue weighted by atomic mass is 16.5. The van der Waals surface area contributed by atoms with Crippen LogP contribution in [0.3, 0.4) is 0 Å². The van der Waals surface area contributed by atoms with E-state index in [1.54, 1.807) is 0 Å². The zero-order valence-corrected chi connectivity index (χ0v) is 11.5. The summed E-state index contributed by atoms with van der Waals surface area (Å²) in [5.74, 6) is 1.76. The molecule has 2 heteroatoms. The lowest BCUT2D eigenvalue weighted by atomic mass is 9.75. The third kappa shape index (κ3) is 3.74. The average molecular weight is 227 g/mol. The van der Waals surface area contributed by atoms with E-state index in [2.05, 4.69) is 26.1 Å². The van der Waals surface area contributed by atoms with Gasteiger partial charge in [-0.1, -0.05) is 33.1 Å². The first-order valence-corrected chi connectivity index (χ1v) is 6.99. The summed E-state index contributed by atoms with van der Waals surface area (Å²) in [6, 6.07) is 0.546. The van der Waals surface area contributed by atoms with Gasteiger partial charge in [0.2, 0.25) is 0 Å². The first-order chi connectivity index (χ1) is 7.72. The normalized spacial score (nSPS) is 30.0. The maximum absolute atomic E-state index is 5.52. The number of hydrogen-bond donors (Lipinski definition) is 1. The Morgan fingerprint density at radius 3 is 2.62 bits per heavy atom. The smallest absolute Gasteiger partial charge is 0.0698 e. The van der Waals surface area contributed by atoms with Crippen molar-refractivity contribution >= 4 is 0 Å². The van der Waals surface area contributed by atoms with E-state index < -0.39 is 0 Å². The summed E-state index contributed by atoms with van der Waals surface area (Å²) in [7, 11) is 1.83. The van der Waals surface area contributed by atoms with Crippen molar-refractivity contribution < 1.29 is 4.74 Å². The minimum atomic E-state index is 0.334. The van der Waals surface area contributed by atoms with Crippen molar-refractivity contribution in [3.63, 3.8) is 0 Å². The van der Waals surface area contributed by atoms with Crippen molar-refractivity contribution in [1.82, 2.24) is 5.32 Å². The summed E-state index contributed by atoms with van der Waals surface area (Å²) < 4.78 is 5.52. The number of rotatable bonds is 6. The summed E-state index contributed by atoms with van der Waals surface area (Å²) in [5, 5.41) is 3.62. The minimum Gasteiger partial charge on any atom is -0.380 e. The Kier molecular flexibility index (Phi) is 6.37. The van der Waals surface area contributed by atoms with Crippen molar-refractivity contribution in [1.29, 1.82) is 0 Å². The predicted molar refractivity (Wildman–Crippen MR) is 69.7 cm³/mol. The third-order valence-electron chi connectivity index (χ3n) is 4.23. The molecule has 1 N–H and O–H groups in total. The molecule has 0 aromatic rings. The molecule has 0 amide bonds. The van der Waals surface area contributed by atoms with Gasteiger partial charge >= 0.3 is 0 Å². The molecule has 0 aromatic heterocycles. The standard InChI is InChI=1S/C14H29NO/c1-5-12-8-7-9-13(10-12)14(15-6-2)11(3)16-4/h11-15H,5-10H2,1-4H3. The van der Waals surface area contributed by atoms with Gasteiger partial charge in [-0.05, 0) is 38.1 Å². The van der Waals surface area contributed by atoms with Crippen LogP contribution in [0, 0.1) is 11.8 Å². The van der Waals surface area contributed by atoms with Gasteiger partial charge in [0.05, 0.1) is 6.10 Å². The van der Waals surface area contributed by atoms with Crippen molar-refractivity contribution in [2.75, 3.05) is 13.7 Å². The maximum atomic E-state index is 5.52. The molecule has 16 heavy (non-hydrogen) atoms. The van der Waals surface area contributed by atoms with Gasteiger partial charge in [0, 0.05) is 13.2 Å². The van der Waals surface area contributed by atoms with E-state index in [4.69, 9.17) is 4.74 Å². The first-order valence-electron chi connectivity index (χ1n) is 6.99. The van der Waals surface area contributed by atoms with Crippen LogP contribution in [0.5, 0.6) is 0 Å². The molecular weight excluding hydrogens is 198 g/mol. The van der Waals surface area contributed by atoms with Crippen LogP contribution in [0.4, 0.5) is 0 Å². The number of likely N-dealkylation sites (N-methyl/N-ethyl adjacent to an activating group) is 1. The van der Waals surface area contributed by atoms with Crippen LogP contribution in [0.15, 0.2) is 0 Å². The fourth-order valence-electron chi connectivity index (χ4n) is 3.13. The molecule has 2 nitrogen and oxygen atoms in total. The zero-order chi connectivity index (χ0) is 12.0. The second kappa shape index (κ2) is 7.29. The Labute approximate surface area is 101 Å². The maximum Gasteiger partial charge on any atom is 0.0698 e. The van der Waals surface area contributed by atoms with Gasteiger partial charge in [-0.15, -0.1) is 0 Å². The summed E-state index contributed by atoms with van der Waals surface area (Å²) in [6.07, 6.45) is 7.29. The van der Waals surface area contributed by atoms with Crippen molar-refractivity contribution in [3.8, 4) is 0 Å². The fourth-order valence-corrected chi connectivity index (χ4v) is 3.13. The van der Waals surface area contributed by atoms with Crippen molar-refractivity contribution in [3.05, 3.63) is 0 Å². The van der Waals surface area contributed by atoms with Gasteiger partial charge in [0.1, 0.15) is 0 Å². The van der Waals surface area contributed by atoms with Crippen molar-refractivity contribution in [2.45, 2.75) is 65.0 Å². The van der Waals surface area contributed by atoms with E-state index in [1.807, 2.05) is 7.11 Å². The Hall–Kier alpha value is -0.0800. The Morgan fingerprint density at radius 1 is 1.31 bits per heavy atom. The lowest BCUT2D eigenvalue weighted by molar-refractivity contribution is 0.0463. The monoisotopic (exact) mass is 227 g/mol. The minimum absolute atomic E-state index is 0.334. The van der Waals surface area contributed by atoms with E-state index in [0.717, 1.165) is 18.4 Å². The molecule has 0 saturated heterocycles. The summed E-state index contributed by atoms with van der Waals surface area (Å²) in [5.41, 5.74) is 0. The largest absolute Gasteiger partial charge is 0.380 e. The first kappa shape index (κ1) is 14.0. The molecule has 0 heterocycles. The molecule has 1 rings (SSSR count). The third-order valence-corrected chi connectivity index (χ3v) is 4.23. The molecule has 0 spiro atoms. The molecular formula is C14H29NO. The van der Waals surface area contributed by atoms with Crippen LogP contribution in [0.25, 0.3) is 0 Å². The van der Waals surface area contributed by atoms with Crippen LogP contribution in [-0.4, -0.2) is 25.8 Å². The van der Waals surface area contributed by atoms with Crippen LogP contribution in [0.1, 0.15) is 52.9 Å². The van der Waals surface area contributed by atoms with Gasteiger partial charge in [-0.2, -0.15) is 0 Å². The van der Waals surface area contributed by atoms with E-state index in [-0.39, 0.29) is 0 Å². The molecule has 1 fully saturated rings. The van der Waals surface area contributed by atoms with Crippen LogP contribution < -0.4 is 5.32 Å². The zero-order valence-electron chi connectivity index (χ0n) is 11.5. The molecule has 96 valence electrons. The topological polar surface area (TPSA) is 21.3 Å². The molecule has 1 aliphatic rings. The lowest BCUT2D eigenvalue weighted by Gasteiger charge is -2.37. The van der Waals surface area contributed by atoms with Crippen LogP contribution in [-0.2, 0) is 4.74 Å². The molecule has 4 unspecified atom stereocenters. The Bertz CT molecular complexity index is 184. The molecule has 0 aliphatic heterocycles. The fraction of sp³-hybridized carbons (Fsp3) is 1.00. The van der Waals surface area contributed by atoms with Gasteiger partial charge in [-0.3, -0.25) is 0 Å². The predicted octanol–water partition coefficient (Wildman–Crippen LogP) is 3.22. The molecule has 1 aliphatic carbocycles. The lowest BCUT2D eigenvalue weighted by Crippen LogP contribution is -2.46. The number of nitrogens with one attached hydrogen (secondary N) is 1. The second-order valence-electron chi connectivity index (χ2n) is 5.23. The average Bonchev–Trinajstić information content (AvgIpc) is 2.35. The van der Waals surface area contributed by atoms with Crippen molar-refractivity contribution in [2.24, 2.45) is 11.8 Å². The Balaban J connectivity index is 2.55. The van der Waals surface area contributed by atoms with E-state index in [9.17, 15) is 0 Å². The number of methoxy groups -OCH3 is 1. The highest BCUT2D eigenvalue weighted by molar-refractivity contribution is 4.85. The van der Waals surface area contributed by atoms with Crippen LogP contribution >= 0.6 is 0 Å². The SMILES string of the molecule is CCNC(C1CCCC(CC)C1)C(C)OC. The number of hydrogen-bond acceptors (Lipinski definition) is 2. The highest BCUT2D eigenvalue weighted by Crippen LogP contribution is 2.34. The van der Waals surface area contributed by atoms with E-state index in [0.29, 0.717) is 12.1 Å². The van der Waals surface area contributed by atoms with Gasteiger partial charge < -0.3 is 10.1 Å². The van der Waals surface area contributed by atoms with Crippen LogP contribution in [0.2, 0.25) is 0 Å². The summed E-state index contributed by atoms with van der Waals surface area (Å²) in [4.78, 5) is 0. The molecule has 0 radical (unpaired) electrons. The van der Waals surface area contributed by atoms with Gasteiger partial charge in [0.15, 0.2) is 0 Å². The summed E-state index contributed by atoms with van der Waals surface area (Å²) in [6.45, 7) is 7.76. The number of ether oxygens (including phenoxy) is 1. The second-order valence-corrected chi connectivity index (χ2v) is 5.23. The molecule has 0 aromatic carbocycles. The van der Waals surface area contributed by atoms with Gasteiger partial charge in [0.25, 0.3) is 0 Å². The quantitative estimate of drug-likeness (QED) is 0.752. The highest BCUT2D eigenvalue weighted by Gasteiger charge is 2.30. The van der Waals surface area contributed by atoms with E-state index in [1.165, 1.54) is 32.1 Å². The summed E-state index contributed by atoms with van der Waals surface area (Å²) >= 11 is 0. The molecule has 4 atom stereocenters.